The molecule has 3 aliphatic rings. The fourth-order valence-electron chi connectivity index (χ4n) is 4.30. The van der Waals surface area contributed by atoms with Gasteiger partial charge in [0.25, 0.3) is 11.8 Å². The van der Waals surface area contributed by atoms with Gasteiger partial charge >= 0.3 is 5.97 Å². The molecule has 3 fully saturated rings. The van der Waals surface area contributed by atoms with E-state index in [2.05, 4.69) is 5.32 Å². The molecule has 7 heteroatoms. The molecule has 2 amide bonds. The van der Waals surface area contributed by atoms with Gasteiger partial charge in [0.15, 0.2) is 0 Å². The molecular formula is C19H28N2O5. The summed E-state index contributed by atoms with van der Waals surface area (Å²) in [4.78, 5) is 51.8. The molecule has 0 aromatic rings. The number of amides is 2. The first kappa shape index (κ1) is 19.0. The van der Waals surface area contributed by atoms with Gasteiger partial charge in [-0.2, -0.15) is 0 Å². The Labute approximate surface area is 153 Å². The molecule has 0 aromatic heterocycles. The second kappa shape index (κ2) is 8.75. The van der Waals surface area contributed by atoms with Crippen molar-refractivity contribution in [1.29, 1.82) is 0 Å². The van der Waals surface area contributed by atoms with E-state index < -0.39 is 17.8 Å². The molecule has 144 valence electrons. The predicted octanol–water partition coefficient (Wildman–Crippen LogP) is 2.03. The lowest BCUT2D eigenvalue weighted by molar-refractivity contribution is -0.197. The van der Waals surface area contributed by atoms with Crippen LogP contribution in [0.1, 0.15) is 77.0 Å². The number of carbonyl (C=O) groups is 4. The quantitative estimate of drug-likeness (QED) is 0.523. The molecule has 3 rings (SSSR count). The van der Waals surface area contributed by atoms with Crippen LogP contribution in [0.2, 0.25) is 0 Å². The van der Waals surface area contributed by atoms with Crippen molar-refractivity contribution >= 4 is 23.6 Å². The van der Waals surface area contributed by atoms with Crippen LogP contribution >= 0.6 is 0 Å². The van der Waals surface area contributed by atoms with Crippen LogP contribution in [0.25, 0.3) is 0 Å². The van der Waals surface area contributed by atoms with Gasteiger partial charge in [-0.15, -0.1) is 5.06 Å². The summed E-state index contributed by atoms with van der Waals surface area (Å²) in [6.07, 6.45) is 8.66. The Morgan fingerprint density at radius 2 is 1.69 bits per heavy atom. The average Bonchev–Trinajstić information content (AvgIpc) is 3.11. The summed E-state index contributed by atoms with van der Waals surface area (Å²) in [7, 11) is 0. The zero-order chi connectivity index (χ0) is 18.5. The molecule has 0 aromatic carbocycles. The number of Topliss-reactive ketones (excluding diaryl/α,β-unsaturated/α-hetero) is 1. The summed E-state index contributed by atoms with van der Waals surface area (Å²) in [6, 6.07) is 0.971. The molecule has 0 saturated carbocycles. The first-order chi connectivity index (χ1) is 12.5. The molecule has 26 heavy (non-hydrogen) atoms. The van der Waals surface area contributed by atoms with Gasteiger partial charge in [0.05, 0.1) is 0 Å². The van der Waals surface area contributed by atoms with Crippen molar-refractivity contribution < 1.29 is 24.0 Å². The summed E-state index contributed by atoms with van der Waals surface area (Å²) in [5.74, 6) is -0.981. The Morgan fingerprint density at radius 1 is 0.962 bits per heavy atom. The fraction of sp³-hybridized carbons (Fsp3) is 0.789. The molecule has 0 spiro atoms. The van der Waals surface area contributed by atoms with Gasteiger partial charge in [0.2, 0.25) is 0 Å². The number of hydrogen-bond donors (Lipinski definition) is 1. The average molecular weight is 364 g/mol. The van der Waals surface area contributed by atoms with Crippen LogP contribution in [0.5, 0.6) is 0 Å². The van der Waals surface area contributed by atoms with Crippen LogP contribution in [0.15, 0.2) is 0 Å². The number of unbranched alkanes of at least 4 members (excludes halogenated alkanes) is 2. The fourth-order valence-corrected chi connectivity index (χ4v) is 4.30. The van der Waals surface area contributed by atoms with E-state index in [9.17, 15) is 19.2 Å². The Morgan fingerprint density at radius 3 is 2.46 bits per heavy atom. The lowest BCUT2D eigenvalue weighted by Gasteiger charge is -2.21. The summed E-state index contributed by atoms with van der Waals surface area (Å²) in [5, 5.41) is 4.18. The van der Waals surface area contributed by atoms with E-state index in [1.54, 1.807) is 0 Å². The Hall–Kier alpha value is -1.76. The molecule has 3 heterocycles. The summed E-state index contributed by atoms with van der Waals surface area (Å²) in [6.45, 7) is 0. The number of fused-ring (bicyclic) bond motifs is 2. The largest absolute Gasteiger partial charge is 0.333 e. The number of imide groups is 1. The monoisotopic (exact) mass is 364 g/mol. The van der Waals surface area contributed by atoms with Crippen molar-refractivity contribution in [2.45, 2.75) is 89.1 Å². The molecule has 3 aliphatic heterocycles. The zero-order valence-corrected chi connectivity index (χ0v) is 15.2. The molecule has 3 atom stereocenters. The second-order valence-corrected chi connectivity index (χ2v) is 7.66. The highest BCUT2D eigenvalue weighted by atomic mass is 16.7. The molecule has 0 radical (unpaired) electrons. The van der Waals surface area contributed by atoms with Crippen molar-refractivity contribution in [3.63, 3.8) is 0 Å². The molecule has 1 N–H and O–H groups in total. The van der Waals surface area contributed by atoms with Gasteiger partial charge in [0, 0.05) is 43.7 Å². The highest BCUT2D eigenvalue weighted by molar-refractivity contribution is 6.01. The minimum Gasteiger partial charge on any atom is -0.330 e. The maximum atomic E-state index is 12.5. The maximum Gasteiger partial charge on any atom is 0.333 e. The normalized spacial score (nSPS) is 28.3. The van der Waals surface area contributed by atoms with Crippen LogP contribution < -0.4 is 5.32 Å². The molecule has 7 nitrogen and oxygen atoms in total. The topological polar surface area (TPSA) is 92.8 Å². The minimum atomic E-state index is -0.565. The van der Waals surface area contributed by atoms with Crippen molar-refractivity contribution in [2.24, 2.45) is 5.92 Å². The zero-order valence-electron chi connectivity index (χ0n) is 15.2. The predicted molar refractivity (Wildman–Crippen MR) is 92.6 cm³/mol. The third-order valence-corrected chi connectivity index (χ3v) is 5.75. The van der Waals surface area contributed by atoms with Crippen molar-refractivity contribution in [2.75, 3.05) is 0 Å². The van der Waals surface area contributed by atoms with E-state index in [1.807, 2.05) is 0 Å². The van der Waals surface area contributed by atoms with Gasteiger partial charge < -0.3 is 10.2 Å². The van der Waals surface area contributed by atoms with Gasteiger partial charge in [-0.05, 0) is 38.5 Å². The van der Waals surface area contributed by atoms with Gasteiger partial charge in [0.1, 0.15) is 5.78 Å². The molecular weight excluding hydrogens is 336 g/mol. The Balaban J connectivity index is 1.30. The van der Waals surface area contributed by atoms with Crippen LogP contribution in [-0.4, -0.2) is 40.7 Å². The number of nitrogens with zero attached hydrogens (tertiary/aromatic N) is 1. The van der Waals surface area contributed by atoms with E-state index in [1.165, 1.54) is 12.8 Å². The SMILES string of the molecule is O=C(CCCCCC(=O)[C@H]1CCC[C@@H]2CC[C@H]1N2)ON1C(=O)CCC1=O. The maximum absolute atomic E-state index is 12.5. The first-order valence-electron chi connectivity index (χ1n) is 9.90. The van der Waals surface area contributed by atoms with Gasteiger partial charge in [-0.1, -0.05) is 12.8 Å². The summed E-state index contributed by atoms with van der Waals surface area (Å²) in [5.41, 5.74) is 0. The number of rotatable bonds is 8. The number of hydrogen-bond acceptors (Lipinski definition) is 6. The van der Waals surface area contributed by atoms with Crippen LogP contribution in [0.3, 0.4) is 0 Å². The third-order valence-electron chi connectivity index (χ3n) is 5.75. The summed E-state index contributed by atoms with van der Waals surface area (Å²) < 4.78 is 0. The van der Waals surface area contributed by atoms with Crippen LogP contribution in [0, 0.1) is 5.92 Å². The number of ketones is 1. The van der Waals surface area contributed by atoms with Crippen LogP contribution in [0.4, 0.5) is 0 Å². The first-order valence-corrected chi connectivity index (χ1v) is 9.90. The lowest BCUT2D eigenvalue weighted by Crippen LogP contribution is -2.36. The number of hydroxylamine groups is 2. The summed E-state index contributed by atoms with van der Waals surface area (Å²) >= 11 is 0. The smallest absolute Gasteiger partial charge is 0.330 e. The van der Waals surface area contributed by atoms with Crippen molar-refractivity contribution in [1.82, 2.24) is 10.4 Å². The highest BCUT2D eigenvalue weighted by Crippen LogP contribution is 2.31. The number of nitrogens with one attached hydrogen (secondary N) is 1. The second-order valence-electron chi connectivity index (χ2n) is 7.66. The van der Waals surface area contributed by atoms with E-state index in [-0.39, 0.29) is 25.2 Å². The van der Waals surface area contributed by atoms with Crippen LogP contribution in [-0.2, 0) is 24.0 Å². The van der Waals surface area contributed by atoms with E-state index in [0.29, 0.717) is 35.8 Å². The highest BCUT2D eigenvalue weighted by Gasteiger charge is 2.36. The Kier molecular flexibility index (Phi) is 6.40. The van der Waals surface area contributed by atoms with E-state index in [0.717, 1.165) is 32.1 Å². The molecule has 0 unspecified atom stereocenters. The number of carbonyl (C=O) groups excluding carboxylic acids is 4. The standard InChI is InChI=1S/C19H28N2O5/c22-16(14-6-4-5-13-9-10-15(14)20-13)7-2-1-3-8-19(25)26-21-17(23)11-12-18(21)24/h13-15,20H,1-12H2/t13-,14+,15-/m1/s1. The molecule has 3 saturated heterocycles. The van der Waals surface area contributed by atoms with E-state index in [4.69, 9.17) is 4.84 Å². The molecule has 2 bridgehead atoms. The lowest BCUT2D eigenvalue weighted by atomic mass is 9.85. The van der Waals surface area contributed by atoms with Gasteiger partial charge in [-0.25, -0.2) is 4.79 Å². The van der Waals surface area contributed by atoms with Crippen molar-refractivity contribution in [3.05, 3.63) is 0 Å². The minimum absolute atomic E-state index is 0.103. The van der Waals surface area contributed by atoms with E-state index >= 15 is 0 Å². The van der Waals surface area contributed by atoms with Crippen molar-refractivity contribution in [3.8, 4) is 0 Å². The third kappa shape index (κ3) is 4.69. The Bertz CT molecular complexity index is 560. The molecule has 0 aliphatic carbocycles. The van der Waals surface area contributed by atoms with Gasteiger partial charge in [-0.3, -0.25) is 14.4 Å².